The molecule has 3 rings (SSSR count). The van der Waals surface area contributed by atoms with Gasteiger partial charge in [-0.15, -0.1) is 11.3 Å². The Hall–Kier alpha value is -1.59. The summed E-state index contributed by atoms with van der Waals surface area (Å²) in [7, 11) is 0. The first-order valence-electron chi connectivity index (χ1n) is 5.38. The molecule has 5 heteroatoms. The van der Waals surface area contributed by atoms with Gasteiger partial charge in [0.15, 0.2) is 11.5 Å². The van der Waals surface area contributed by atoms with E-state index in [1.807, 2.05) is 18.2 Å². The molecule has 0 radical (unpaired) electrons. The van der Waals surface area contributed by atoms with Gasteiger partial charge in [0.2, 0.25) is 0 Å². The van der Waals surface area contributed by atoms with Gasteiger partial charge in [-0.25, -0.2) is 0 Å². The fourth-order valence-electron chi connectivity index (χ4n) is 1.80. The van der Waals surface area contributed by atoms with Crippen LogP contribution in [0.25, 0.3) is 0 Å². The normalized spacial score (nSPS) is 15.6. The first kappa shape index (κ1) is 10.6. The summed E-state index contributed by atoms with van der Waals surface area (Å²) in [6.45, 7) is 1.19. The van der Waals surface area contributed by atoms with Crippen LogP contribution in [-0.4, -0.2) is 18.2 Å². The van der Waals surface area contributed by atoms with Crippen LogP contribution in [0.2, 0.25) is 0 Å². The number of rotatable bonds is 2. The van der Waals surface area contributed by atoms with Crippen molar-refractivity contribution in [3.8, 4) is 11.5 Å². The van der Waals surface area contributed by atoms with Gasteiger partial charge in [-0.1, -0.05) is 6.07 Å². The first-order chi connectivity index (χ1) is 8.34. The van der Waals surface area contributed by atoms with Crippen LogP contribution in [0.1, 0.15) is 16.5 Å². The highest BCUT2D eigenvalue weighted by Crippen LogP contribution is 2.34. The average Bonchev–Trinajstić information content (AvgIpc) is 2.91. The lowest BCUT2D eigenvalue weighted by Crippen LogP contribution is -2.16. The van der Waals surface area contributed by atoms with Gasteiger partial charge in [0.1, 0.15) is 13.2 Å². The van der Waals surface area contributed by atoms with Crippen LogP contribution in [0.4, 0.5) is 0 Å². The van der Waals surface area contributed by atoms with Gasteiger partial charge in [-0.2, -0.15) is 0 Å². The minimum absolute atomic E-state index is 0.154. The predicted molar refractivity (Wildman–Crippen MR) is 65.6 cm³/mol. The number of nitrogens with zero attached hydrogens (tertiary/aromatic N) is 1. The van der Waals surface area contributed by atoms with Gasteiger partial charge in [0.25, 0.3) is 0 Å². The number of aromatic nitrogens is 1. The van der Waals surface area contributed by atoms with Crippen molar-refractivity contribution in [1.29, 1.82) is 0 Å². The lowest BCUT2D eigenvalue weighted by atomic mass is 10.1. The van der Waals surface area contributed by atoms with E-state index in [9.17, 15) is 0 Å². The number of thiazole rings is 1. The third-order valence-electron chi connectivity index (χ3n) is 2.68. The minimum Gasteiger partial charge on any atom is -0.486 e. The second-order valence-electron chi connectivity index (χ2n) is 3.78. The standard InChI is InChI=1S/C12H12N2O2S/c13-12(11-6-14-7-17-11)8-1-2-9-10(5-8)16-4-3-15-9/h1-2,5-7,12H,3-4,13H2. The molecule has 4 nitrogen and oxygen atoms in total. The Kier molecular flexibility index (Phi) is 2.70. The molecule has 1 unspecified atom stereocenters. The topological polar surface area (TPSA) is 57.4 Å². The third kappa shape index (κ3) is 1.99. The Morgan fingerprint density at radius 3 is 2.82 bits per heavy atom. The molecule has 0 spiro atoms. The quantitative estimate of drug-likeness (QED) is 0.882. The molecule has 88 valence electrons. The highest BCUT2D eigenvalue weighted by Gasteiger charge is 2.16. The van der Waals surface area contributed by atoms with Crippen LogP contribution in [-0.2, 0) is 0 Å². The summed E-state index contributed by atoms with van der Waals surface area (Å²) in [6.07, 6.45) is 1.80. The molecule has 2 aromatic rings. The number of fused-ring (bicyclic) bond motifs is 1. The highest BCUT2D eigenvalue weighted by molar-refractivity contribution is 7.09. The van der Waals surface area contributed by atoms with Gasteiger partial charge in [0, 0.05) is 11.1 Å². The molecule has 0 aliphatic carbocycles. The lowest BCUT2D eigenvalue weighted by molar-refractivity contribution is 0.171. The molecule has 0 amide bonds. The largest absolute Gasteiger partial charge is 0.486 e. The van der Waals surface area contributed by atoms with Crippen LogP contribution < -0.4 is 15.2 Å². The van der Waals surface area contributed by atoms with E-state index in [1.165, 1.54) is 0 Å². The van der Waals surface area contributed by atoms with Gasteiger partial charge in [0.05, 0.1) is 11.6 Å². The molecule has 1 aromatic carbocycles. The Balaban J connectivity index is 1.93. The van der Waals surface area contributed by atoms with Crippen molar-refractivity contribution in [2.75, 3.05) is 13.2 Å². The first-order valence-corrected chi connectivity index (χ1v) is 6.26. The van der Waals surface area contributed by atoms with E-state index in [2.05, 4.69) is 4.98 Å². The summed E-state index contributed by atoms with van der Waals surface area (Å²) in [5.41, 5.74) is 8.97. The van der Waals surface area contributed by atoms with E-state index >= 15 is 0 Å². The van der Waals surface area contributed by atoms with Gasteiger partial charge < -0.3 is 15.2 Å². The molecular weight excluding hydrogens is 236 g/mol. The molecule has 17 heavy (non-hydrogen) atoms. The molecule has 0 saturated carbocycles. The molecule has 0 fully saturated rings. The van der Waals surface area contributed by atoms with Crippen LogP contribution >= 0.6 is 11.3 Å². The number of hydrogen-bond donors (Lipinski definition) is 1. The monoisotopic (exact) mass is 248 g/mol. The molecule has 2 heterocycles. The summed E-state index contributed by atoms with van der Waals surface area (Å²) < 4.78 is 11.0. The smallest absolute Gasteiger partial charge is 0.161 e. The second-order valence-corrected chi connectivity index (χ2v) is 4.70. The van der Waals surface area contributed by atoms with E-state index in [1.54, 1.807) is 23.0 Å². The molecule has 2 N–H and O–H groups in total. The van der Waals surface area contributed by atoms with E-state index in [0.29, 0.717) is 13.2 Å². The van der Waals surface area contributed by atoms with E-state index in [0.717, 1.165) is 21.9 Å². The zero-order valence-corrected chi connectivity index (χ0v) is 9.94. The summed E-state index contributed by atoms with van der Waals surface area (Å²) in [5.74, 6) is 1.56. The maximum atomic E-state index is 6.17. The fraction of sp³-hybridized carbons (Fsp3) is 0.250. The van der Waals surface area contributed by atoms with Crippen molar-refractivity contribution in [3.05, 3.63) is 40.3 Å². The van der Waals surface area contributed by atoms with Crippen molar-refractivity contribution in [3.63, 3.8) is 0 Å². The van der Waals surface area contributed by atoms with Crippen molar-refractivity contribution in [2.45, 2.75) is 6.04 Å². The zero-order chi connectivity index (χ0) is 11.7. The summed E-state index contributed by atoms with van der Waals surface area (Å²) in [5, 5.41) is 0. The van der Waals surface area contributed by atoms with Crippen LogP contribution in [0.15, 0.2) is 29.9 Å². The Bertz CT molecular complexity index is 513. The Morgan fingerprint density at radius 2 is 2.06 bits per heavy atom. The maximum absolute atomic E-state index is 6.17. The molecule has 0 saturated heterocycles. The predicted octanol–water partition coefficient (Wildman–Crippen LogP) is 1.96. The fourth-order valence-corrected chi connectivity index (χ4v) is 2.44. The summed E-state index contributed by atoms with van der Waals surface area (Å²) in [6, 6.07) is 5.67. The molecule has 0 bridgehead atoms. The molecular formula is C12H12N2O2S. The third-order valence-corrected chi connectivity index (χ3v) is 3.54. The van der Waals surface area contributed by atoms with E-state index < -0.39 is 0 Å². The molecule has 1 aliphatic rings. The highest BCUT2D eigenvalue weighted by atomic mass is 32.1. The van der Waals surface area contributed by atoms with Crippen LogP contribution in [0.5, 0.6) is 11.5 Å². The maximum Gasteiger partial charge on any atom is 0.161 e. The van der Waals surface area contributed by atoms with Crippen molar-refractivity contribution >= 4 is 11.3 Å². The van der Waals surface area contributed by atoms with Gasteiger partial charge in [-0.3, -0.25) is 4.98 Å². The number of ether oxygens (including phenoxy) is 2. The minimum atomic E-state index is -0.154. The number of benzene rings is 1. The van der Waals surface area contributed by atoms with Crippen molar-refractivity contribution < 1.29 is 9.47 Å². The summed E-state index contributed by atoms with van der Waals surface area (Å²) >= 11 is 1.56. The Labute approximate surface area is 103 Å². The second kappa shape index (κ2) is 4.35. The van der Waals surface area contributed by atoms with Crippen molar-refractivity contribution in [1.82, 2.24) is 4.98 Å². The SMILES string of the molecule is NC(c1ccc2c(c1)OCCO2)c1cncs1. The lowest BCUT2D eigenvalue weighted by Gasteiger charge is -2.20. The average molecular weight is 248 g/mol. The van der Waals surface area contributed by atoms with Gasteiger partial charge in [-0.05, 0) is 17.7 Å². The molecule has 1 atom stereocenters. The van der Waals surface area contributed by atoms with Crippen LogP contribution in [0, 0.1) is 0 Å². The summed E-state index contributed by atoms with van der Waals surface area (Å²) in [4.78, 5) is 5.08. The zero-order valence-electron chi connectivity index (χ0n) is 9.13. The molecule has 1 aromatic heterocycles. The number of hydrogen-bond acceptors (Lipinski definition) is 5. The van der Waals surface area contributed by atoms with Crippen LogP contribution in [0.3, 0.4) is 0 Å². The van der Waals surface area contributed by atoms with Crippen molar-refractivity contribution in [2.24, 2.45) is 5.73 Å². The van der Waals surface area contributed by atoms with E-state index in [4.69, 9.17) is 15.2 Å². The van der Waals surface area contributed by atoms with Gasteiger partial charge >= 0.3 is 0 Å². The molecule has 1 aliphatic heterocycles. The Morgan fingerprint density at radius 1 is 1.24 bits per heavy atom. The van der Waals surface area contributed by atoms with E-state index in [-0.39, 0.29) is 6.04 Å². The number of nitrogens with two attached hydrogens (primary N) is 1.